The molecule has 5 amide bonds. The van der Waals surface area contributed by atoms with Crippen molar-refractivity contribution in [1.29, 1.82) is 0 Å². The molecule has 1 aliphatic heterocycles. The first-order valence-electron chi connectivity index (χ1n) is 18.2. The summed E-state index contributed by atoms with van der Waals surface area (Å²) in [5.74, 6) is -3.20. The standard InChI is InChI=1S/C36H53N7O6.CH4.5H2S/c1-5-10-25(29(44)34(48)39-23-15-16-23)40-33(47)28-24-14-9-13-22(24)20-43(28)35(49)30(36(2,3)4)42-32(46)27(21-11-7-6-8-12-21)41-31(45)26-19-37-17-18-38-26;;;;;;/h17-19,21-25,27-28,30H,5-16,20H2,1-4H3,(H,39,48)(H,40,47)(H,41,45)(H,42,46);1H4;5*1H2/t22-,24+,25-,27+,28+,30-;;;;;;/m1....../s1. The van der Waals surface area contributed by atoms with Gasteiger partial charge in [0.2, 0.25) is 23.5 Å². The van der Waals surface area contributed by atoms with E-state index in [1.54, 1.807) is 4.90 Å². The van der Waals surface area contributed by atoms with E-state index in [1.807, 2.05) is 27.7 Å². The van der Waals surface area contributed by atoms with E-state index in [-0.39, 0.29) is 110 Å². The molecule has 4 fully saturated rings. The summed E-state index contributed by atoms with van der Waals surface area (Å²) < 4.78 is 0. The molecule has 0 bridgehead atoms. The van der Waals surface area contributed by atoms with Gasteiger partial charge in [-0.1, -0.05) is 67.2 Å². The van der Waals surface area contributed by atoms with E-state index in [0.29, 0.717) is 19.4 Å². The number of hydrogen-bond donors (Lipinski definition) is 4. The van der Waals surface area contributed by atoms with Crippen LogP contribution in [0.15, 0.2) is 18.6 Å². The molecule has 5 rings (SSSR count). The highest BCUT2D eigenvalue weighted by Crippen LogP contribution is 2.43. The molecule has 316 valence electrons. The second-order valence-corrected chi connectivity index (χ2v) is 15.5. The van der Waals surface area contributed by atoms with E-state index in [0.717, 1.165) is 64.2 Å². The van der Waals surface area contributed by atoms with Crippen molar-refractivity contribution in [3.8, 4) is 0 Å². The van der Waals surface area contributed by atoms with Gasteiger partial charge in [0.15, 0.2) is 0 Å². The number of rotatable bonds is 13. The Kier molecular flexibility index (Phi) is 24.6. The molecule has 1 aromatic rings. The Morgan fingerprint density at radius 2 is 1.49 bits per heavy atom. The molecule has 0 spiro atoms. The molecular weight excluding hydrogens is 799 g/mol. The van der Waals surface area contributed by atoms with Gasteiger partial charge in [-0.3, -0.25) is 33.8 Å². The second-order valence-electron chi connectivity index (χ2n) is 15.5. The van der Waals surface area contributed by atoms with Gasteiger partial charge in [0, 0.05) is 25.0 Å². The van der Waals surface area contributed by atoms with Crippen molar-refractivity contribution in [2.45, 2.75) is 142 Å². The average Bonchev–Trinajstić information content (AvgIpc) is 3.65. The van der Waals surface area contributed by atoms with Crippen molar-refractivity contribution < 1.29 is 28.8 Å². The number of fused-ring (bicyclic) bond motifs is 1. The van der Waals surface area contributed by atoms with Crippen molar-refractivity contribution in [1.82, 2.24) is 36.1 Å². The topological polar surface area (TPSA) is 180 Å². The number of Topliss-reactive ketones (excluding diaryl/α,β-unsaturated/α-hetero) is 1. The second kappa shape index (κ2) is 24.6. The summed E-state index contributed by atoms with van der Waals surface area (Å²) in [6.07, 6.45) is 13.9. The lowest BCUT2D eigenvalue weighted by atomic mass is 9.82. The predicted octanol–water partition coefficient (Wildman–Crippen LogP) is 3.65. The van der Waals surface area contributed by atoms with Crippen molar-refractivity contribution in [2.24, 2.45) is 23.2 Å². The smallest absolute Gasteiger partial charge is 0.289 e. The molecule has 0 unspecified atom stereocenters. The van der Waals surface area contributed by atoms with E-state index in [2.05, 4.69) is 31.2 Å². The fourth-order valence-electron chi connectivity index (χ4n) is 7.87. The molecule has 3 saturated carbocycles. The van der Waals surface area contributed by atoms with Crippen LogP contribution in [0.25, 0.3) is 0 Å². The van der Waals surface area contributed by atoms with Gasteiger partial charge in [0.25, 0.3) is 11.8 Å². The minimum atomic E-state index is -0.994. The van der Waals surface area contributed by atoms with Crippen molar-refractivity contribution in [2.75, 3.05) is 6.54 Å². The SMILES string of the molecule is C.CCC[C@@H](NC(=O)[C@@H]1[C@H]2CCC[C@@H]2CN1C(=O)[C@@H](NC(=O)[C@@H](NC(=O)c1cnccn1)C1CCCCC1)C(C)(C)C)C(=O)C(=O)NC1CC1.S.S.S.S.S. The molecule has 2 heterocycles. The predicted molar refractivity (Wildman–Crippen MR) is 239 cm³/mol. The molecular formula is C37H67N7O6S5. The number of hydrogen-bond acceptors (Lipinski definition) is 8. The quantitative estimate of drug-likeness (QED) is 0.217. The number of carbonyl (C=O) groups is 6. The number of amides is 5. The molecule has 3 aliphatic carbocycles. The van der Waals surface area contributed by atoms with Crippen molar-refractivity contribution in [3.63, 3.8) is 0 Å². The monoisotopic (exact) mass is 865 g/mol. The maximum Gasteiger partial charge on any atom is 0.289 e. The highest BCUT2D eigenvalue weighted by atomic mass is 32.1. The molecule has 18 heteroatoms. The summed E-state index contributed by atoms with van der Waals surface area (Å²) in [6.45, 7) is 7.85. The Bertz CT molecular complexity index is 1410. The lowest BCUT2D eigenvalue weighted by Gasteiger charge is -2.38. The van der Waals surface area contributed by atoms with E-state index < -0.39 is 59.0 Å². The Balaban J connectivity index is 0. The van der Waals surface area contributed by atoms with Crippen molar-refractivity contribution >= 4 is 103 Å². The fraction of sp³-hybridized carbons (Fsp3) is 0.730. The van der Waals surface area contributed by atoms with Crippen LogP contribution in [0.5, 0.6) is 0 Å². The van der Waals surface area contributed by atoms with E-state index in [4.69, 9.17) is 0 Å². The molecule has 0 aromatic carbocycles. The third-order valence-corrected chi connectivity index (χ3v) is 10.7. The summed E-state index contributed by atoms with van der Waals surface area (Å²) in [6, 6.07) is -3.68. The first-order valence-corrected chi connectivity index (χ1v) is 18.2. The zero-order valence-electron chi connectivity index (χ0n) is 31.8. The molecule has 55 heavy (non-hydrogen) atoms. The van der Waals surface area contributed by atoms with E-state index in [1.165, 1.54) is 18.6 Å². The summed E-state index contributed by atoms with van der Waals surface area (Å²) in [7, 11) is 0. The molecule has 0 radical (unpaired) electrons. The lowest BCUT2D eigenvalue weighted by Crippen LogP contribution is -2.62. The largest absolute Gasteiger partial charge is 0.347 e. The number of ketones is 1. The number of carbonyl (C=O) groups excluding carboxylic acids is 6. The van der Waals surface area contributed by atoms with Gasteiger partial charge < -0.3 is 26.2 Å². The maximum absolute atomic E-state index is 14.6. The minimum absolute atomic E-state index is 0. The number of aromatic nitrogens is 2. The molecule has 13 nitrogen and oxygen atoms in total. The van der Waals surface area contributed by atoms with Gasteiger partial charge in [-0.2, -0.15) is 67.5 Å². The van der Waals surface area contributed by atoms with Gasteiger partial charge >= 0.3 is 0 Å². The normalized spacial score (nSPS) is 21.6. The van der Waals surface area contributed by atoms with Crippen LogP contribution in [0, 0.1) is 23.2 Å². The molecule has 1 saturated heterocycles. The van der Waals surface area contributed by atoms with Crippen LogP contribution in [-0.2, 0) is 24.0 Å². The van der Waals surface area contributed by atoms with Crippen LogP contribution >= 0.6 is 67.5 Å². The highest BCUT2D eigenvalue weighted by Gasteiger charge is 2.52. The zero-order valence-corrected chi connectivity index (χ0v) is 36.8. The van der Waals surface area contributed by atoms with Crippen LogP contribution in [0.2, 0.25) is 0 Å². The third-order valence-electron chi connectivity index (χ3n) is 10.7. The Labute approximate surface area is 362 Å². The Morgan fingerprint density at radius 1 is 0.836 bits per heavy atom. The zero-order chi connectivity index (χ0) is 35.3. The molecule has 1 aromatic heterocycles. The third kappa shape index (κ3) is 14.0. The number of nitrogens with zero attached hydrogens (tertiary/aromatic N) is 3. The van der Waals surface area contributed by atoms with Crippen molar-refractivity contribution in [3.05, 3.63) is 24.3 Å². The van der Waals surface area contributed by atoms with E-state index in [9.17, 15) is 28.8 Å². The van der Waals surface area contributed by atoms with Crippen LogP contribution in [0.4, 0.5) is 0 Å². The van der Waals surface area contributed by atoms with E-state index >= 15 is 0 Å². The molecule has 4 aliphatic rings. The highest BCUT2D eigenvalue weighted by molar-refractivity contribution is 7.60. The van der Waals surface area contributed by atoms with Crippen LogP contribution in [0.3, 0.4) is 0 Å². The van der Waals surface area contributed by atoms with Gasteiger partial charge in [-0.05, 0) is 68.1 Å². The van der Waals surface area contributed by atoms with Crippen LogP contribution in [0.1, 0.15) is 123 Å². The molecule has 4 N–H and O–H groups in total. The number of likely N-dealkylation sites (tertiary alicyclic amines) is 1. The summed E-state index contributed by atoms with van der Waals surface area (Å²) >= 11 is 0. The Morgan fingerprint density at radius 3 is 2.05 bits per heavy atom. The Hall–Kier alpha value is -2.15. The van der Waals surface area contributed by atoms with Crippen LogP contribution in [-0.4, -0.2) is 86.9 Å². The minimum Gasteiger partial charge on any atom is -0.347 e. The van der Waals surface area contributed by atoms with Crippen LogP contribution < -0.4 is 21.3 Å². The maximum atomic E-state index is 14.6. The number of nitrogens with one attached hydrogen (secondary N) is 4. The van der Waals surface area contributed by atoms with Gasteiger partial charge in [-0.15, -0.1) is 0 Å². The van der Waals surface area contributed by atoms with Gasteiger partial charge in [0.05, 0.1) is 12.2 Å². The van der Waals surface area contributed by atoms with Gasteiger partial charge in [-0.25, -0.2) is 4.98 Å². The summed E-state index contributed by atoms with van der Waals surface area (Å²) in [4.78, 5) is 91.4. The average molecular weight is 866 g/mol. The summed E-state index contributed by atoms with van der Waals surface area (Å²) in [5.41, 5.74) is -0.638. The first kappa shape index (κ1) is 54.9. The fourth-order valence-corrected chi connectivity index (χ4v) is 7.87. The lowest BCUT2D eigenvalue weighted by molar-refractivity contribution is -0.146. The molecule has 6 atom stereocenters. The van der Waals surface area contributed by atoms with Gasteiger partial charge in [0.1, 0.15) is 23.8 Å². The summed E-state index contributed by atoms with van der Waals surface area (Å²) in [5, 5.41) is 11.5. The first-order chi connectivity index (χ1) is 23.4.